The molecule has 0 saturated carbocycles. The second-order valence-electron chi connectivity index (χ2n) is 6.62. The van der Waals surface area contributed by atoms with E-state index < -0.39 is 21.7 Å². The summed E-state index contributed by atoms with van der Waals surface area (Å²) >= 11 is 12.1. The Morgan fingerprint density at radius 3 is 2.33 bits per heavy atom. The van der Waals surface area contributed by atoms with Gasteiger partial charge in [0.05, 0.1) is 20.5 Å². The molecule has 1 saturated heterocycles. The second kappa shape index (κ2) is 9.82. The lowest BCUT2D eigenvalue weighted by atomic mass is 9.97. The van der Waals surface area contributed by atoms with E-state index in [1.807, 2.05) is 0 Å². The number of sulfonamides is 1. The van der Waals surface area contributed by atoms with Crippen molar-refractivity contribution < 1.29 is 22.0 Å². The lowest BCUT2D eigenvalue weighted by molar-refractivity contribution is -0.120. The average Bonchev–Trinajstić information content (AvgIpc) is 2.71. The van der Waals surface area contributed by atoms with Crippen LogP contribution in [0.2, 0.25) is 10.0 Å². The number of nitrogens with zero attached hydrogens (tertiary/aromatic N) is 1. The van der Waals surface area contributed by atoms with Gasteiger partial charge in [-0.1, -0.05) is 41.0 Å². The summed E-state index contributed by atoms with van der Waals surface area (Å²) in [4.78, 5) is 12.9. The molecule has 5 nitrogen and oxygen atoms in total. The first kappa shape index (κ1) is 23.3. The van der Waals surface area contributed by atoms with Crippen LogP contribution in [0.15, 0.2) is 52.3 Å². The molecule has 0 atom stereocenters. The minimum atomic E-state index is -3.67. The molecule has 2 aromatic rings. The lowest BCUT2D eigenvalue weighted by Gasteiger charge is -2.30. The number of anilines is 1. The number of thioether (sulfide) groups is 1. The van der Waals surface area contributed by atoms with Gasteiger partial charge < -0.3 is 5.32 Å². The average molecular weight is 495 g/mol. The van der Waals surface area contributed by atoms with E-state index >= 15 is 0 Å². The molecule has 30 heavy (non-hydrogen) atoms. The molecular weight excluding hydrogens is 477 g/mol. The molecule has 1 amide bonds. The van der Waals surface area contributed by atoms with Gasteiger partial charge in [-0.3, -0.25) is 4.79 Å². The van der Waals surface area contributed by atoms with Gasteiger partial charge in [0.25, 0.3) is 5.76 Å². The number of piperidine rings is 1. The van der Waals surface area contributed by atoms with Crippen LogP contribution in [0, 0.1) is 5.92 Å². The highest BCUT2D eigenvalue weighted by Crippen LogP contribution is 2.38. The van der Waals surface area contributed by atoms with E-state index in [1.54, 1.807) is 6.07 Å². The summed E-state index contributed by atoms with van der Waals surface area (Å²) in [5, 5.41) is 3.22. The zero-order chi connectivity index (χ0) is 21.9. The number of nitrogens with one attached hydrogen (secondary N) is 1. The van der Waals surface area contributed by atoms with Gasteiger partial charge in [-0.25, -0.2) is 8.42 Å². The summed E-state index contributed by atoms with van der Waals surface area (Å²) in [6.07, 6.45) is 0.632. The van der Waals surface area contributed by atoms with Crippen LogP contribution in [0.4, 0.5) is 14.5 Å². The molecule has 1 heterocycles. The molecule has 0 radical (unpaired) electrons. The number of halogens is 4. The molecule has 162 valence electrons. The topological polar surface area (TPSA) is 66.5 Å². The molecule has 1 aliphatic rings. The predicted molar refractivity (Wildman–Crippen MR) is 115 cm³/mol. The SMILES string of the molecule is O=C(Nc1cccc(Cl)c1SC(F)F)C1CCN(S(=O)(=O)c2ccc(Cl)cc2)CC1. The second-order valence-corrected chi connectivity index (χ2v) is 10.4. The van der Waals surface area contributed by atoms with Crippen molar-refractivity contribution in [1.82, 2.24) is 4.31 Å². The number of alkyl halides is 2. The molecule has 11 heteroatoms. The van der Waals surface area contributed by atoms with Gasteiger partial charge in [0.15, 0.2) is 0 Å². The third-order valence-electron chi connectivity index (χ3n) is 4.71. The zero-order valence-electron chi connectivity index (χ0n) is 15.5. The number of benzene rings is 2. The van der Waals surface area contributed by atoms with Gasteiger partial charge in [0.1, 0.15) is 0 Å². The van der Waals surface area contributed by atoms with Gasteiger partial charge in [0, 0.05) is 24.0 Å². The van der Waals surface area contributed by atoms with Crippen molar-refractivity contribution in [2.45, 2.75) is 28.4 Å². The Morgan fingerprint density at radius 2 is 1.73 bits per heavy atom. The normalized spacial score (nSPS) is 16.0. The first-order valence-electron chi connectivity index (χ1n) is 8.98. The third kappa shape index (κ3) is 5.45. The fourth-order valence-electron chi connectivity index (χ4n) is 3.16. The van der Waals surface area contributed by atoms with E-state index in [4.69, 9.17) is 23.2 Å². The van der Waals surface area contributed by atoms with E-state index in [0.717, 1.165) is 0 Å². The smallest absolute Gasteiger partial charge is 0.289 e. The van der Waals surface area contributed by atoms with Gasteiger partial charge >= 0.3 is 0 Å². The molecular formula is C19H18Cl2F2N2O3S2. The van der Waals surface area contributed by atoms with Crippen LogP contribution in [0.25, 0.3) is 0 Å². The van der Waals surface area contributed by atoms with E-state index in [-0.39, 0.29) is 51.3 Å². The first-order chi connectivity index (χ1) is 14.2. The van der Waals surface area contributed by atoms with Crippen LogP contribution in [0.5, 0.6) is 0 Å². The number of amides is 1. The van der Waals surface area contributed by atoms with Crippen LogP contribution >= 0.6 is 35.0 Å². The molecule has 1 N–H and O–H groups in total. The fourth-order valence-corrected chi connectivity index (χ4v) is 5.67. The molecule has 1 aliphatic heterocycles. The number of hydrogen-bond acceptors (Lipinski definition) is 4. The predicted octanol–water partition coefficient (Wildman–Crippen LogP) is 5.35. The molecule has 0 bridgehead atoms. The van der Waals surface area contributed by atoms with Crippen molar-refractivity contribution >= 4 is 56.6 Å². The van der Waals surface area contributed by atoms with Crippen LogP contribution in [-0.2, 0) is 14.8 Å². The molecule has 0 unspecified atom stereocenters. The standard InChI is InChI=1S/C19H18Cl2F2N2O3S2/c20-13-4-6-14(7-5-13)30(27,28)25-10-8-12(9-11-25)18(26)24-16-3-1-2-15(21)17(16)29-19(22)23/h1-7,12,19H,8-11H2,(H,24,26). The van der Waals surface area contributed by atoms with Crippen LogP contribution in [0.1, 0.15) is 12.8 Å². The van der Waals surface area contributed by atoms with Crippen molar-refractivity contribution in [3.05, 3.63) is 52.5 Å². The van der Waals surface area contributed by atoms with Crippen molar-refractivity contribution in [1.29, 1.82) is 0 Å². The summed E-state index contributed by atoms with van der Waals surface area (Å²) in [5.41, 5.74) is 0.217. The van der Waals surface area contributed by atoms with Gasteiger partial charge in [-0.05, 0) is 49.2 Å². The monoisotopic (exact) mass is 494 g/mol. The van der Waals surface area contributed by atoms with Gasteiger partial charge in [0.2, 0.25) is 15.9 Å². The molecule has 3 rings (SSSR count). The van der Waals surface area contributed by atoms with E-state index in [1.165, 1.54) is 40.7 Å². The summed E-state index contributed by atoms with van der Waals surface area (Å²) in [7, 11) is -3.67. The molecule has 2 aromatic carbocycles. The van der Waals surface area contributed by atoms with Crippen LogP contribution in [-0.4, -0.2) is 37.5 Å². The van der Waals surface area contributed by atoms with Crippen molar-refractivity contribution in [2.75, 3.05) is 18.4 Å². The van der Waals surface area contributed by atoms with E-state index in [2.05, 4.69) is 5.32 Å². The fraction of sp³-hybridized carbons (Fsp3) is 0.316. The first-order valence-corrected chi connectivity index (χ1v) is 12.1. The lowest BCUT2D eigenvalue weighted by Crippen LogP contribution is -2.41. The van der Waals surface area contributed by atoms with Gasteiger partial charge in [-0.2, -0.15) is 13.1 Å². The van der Waals surface area contributed by atoms with Crippen molar-refractivity contribution in [3.63, 3.8) is 0 Å². The largest absolute Gasteiger partial charge is 0.325 e. The zero-order valence-corrected chi connectivity index (χ0v) is 18.7. The summed E-state index contributed by atoms with van der Waals surface area (Å²) < 4.78 is 52.4. The summed E-state index contributed by atoms with van der Waals surface area (Å²) in [6.45, 7) is 0.356. The third-order valence-corrected chi connectivity index (χ3v) is 8.15. The Hall–Kier alpha value is -1.39. The molecule has 1 fully saturated rings. The number of carbonyl (C=O) groups excluding carboxylic acids is 1. The highest BCUT2D eigenvalue weighted by Gasteiger charge is 2.32. The summed E-state index contributed by atoms with van der Waals surface area (Å²) in [5.74, 6) is -3.47. The van der Waals surface area contributed by atoms with Crippen molar-refractivity contribution in [3.8, 4) is 0 Å². The Morgan fingerprint density at radius 1 is 1.10 bits per heavy atom. The number of carbonyl (C=O) groups is 1. The van der Waals surface area contributed by atoms with E-state index in [9.17, 15) is 22.0 Å². The quantitative estimate of drug-likeness (QED) is 0.549. The van der Waals surface area contributed by atoms with E-state index in [0.29, 0.717) is 17.9 Å². The Kier molecular flexibility index (Phi) is 7.62. The van der Waals surface area contributed by atoms with Gasteiger partial charge in [-0.15, -0.1) is 0 Å². The maximum atomic E-state index is 12.8. The number of hydrogen-bond donors (Lipinski definition) is 1. The Labute approximate surface area is 187 Å². The van der Waals surface area contributed by atoms with Crippen LogP contribution in [0.3, 0.4) is 0 Å². The molecule has 0 aromatic heterocycles. The van der Waals surface area contributed by atoms with Crippen LogP contribution < -0.4 is 5.32 Å². The van der Waals surface area contributed by atoms with Crippen molar-refractivity contribution in [2.24, 2.45) is 5.92 Å². The number of rotatable bonds is 6. The summed E-state index contributed by atoms with van der Waals surface area (Å²) in [6, 6.07) is 10.4. The minimum absolute atomic E-state index is 0.102. The highest BCUT2D eigenvalue weighted by molar-refractivity contribution is 7.99. The maximum absolute atomic E-state index is 12.8. The molecule has 0 spiro atoms. The minimum Gasteiger partial charge on any atom is -0.325 e. The Balaban J connectivity index is 1.65. The Bertz CT molecular complexity index is 1010. The highest BCUT2D eigenvalue weighted by atomic mass is 35.5. The maximum Gasteiger partial charge on any atom is 0.289 e. The molecule has 0 aliphatic carbocycles.